The molecule has 2 aromatic carbocycles. The van der Waals surface area contributed by atoms with Crippen LogP contribution in [0.5, 0.6) is 0 Å². The van der Waals surface area contributed by atoms with Crippen LogP contribution in [0.2, 0.25) is 0 Å². The van der Waals surface area contributed by atoms with E-state index >= 15 is 4.39 Å². The van der Waals surface area contributed by atoms with E-state index in [1.54, 1.807) is 23.1 Å². The number of likely N-dealkylation sites (tertiary alicyclic amines) is 1. The first-order valence-electron chi connectivity index (χ1n) is 11.9. The largest absolute Gasteiger partial charge is 0.391 e. The van der Waals surface area contributed by atoms with Crippen molar-refractivity contribution in [2.24, 2.45) is 5.73 Å². The van der Waals surface area contributed by atoms with Crippen LogP contribution in [0.3, 0.4) is 0 Å². The van der Waals surface area contributed by atoms with E-state index < -0.39 is 17.7 Å². The SMILES string of the molecule is N#Cc1ccc(-c2cc(C(=O)N3CCCC(N)C3)nn2-c2ccc(N3CCC(O)C3)cc2F)cc1F. The molecular weight excluding hydrogens is 466 g/mol. The zero-order chi connectivity index (χ0) is 25.4. The summed E-state index contributed by atoms with van der Waals surface area (Å²) in [5.41, 5.74) is 7.39. The molecule has 2 atom stereocenters. The Morgan fingerprint density at radius 1 is 1.08 bits per heavy atom. The summed E-state index contributed by atoms with van der Waals surface area (Å²) in [5, 5.41) is 23.3. The molecule has 2 aliphatic rings. The van der Waals surface area contributed by atoms with Gasteiger partial charge in [0.05, 0.1) is 17.4 Å². The van der Waals surface area contributed by atoms with Crippen molar-refractivity contribution in [2.45, 2.75) is 31.4 Å². The topological polar surface area (TPSA) is 111 Å². The number of β-amino-alcohol motifs (C(OH)–C–C–N with tert-alkyl or cyclic N) is 1. The summed E-state index contributed by atoms with van der Waals surface area (Å²) in [5.74, 6) is -1.63. The molecule has 1 amide bonds. The van der Waals surface area contributed by atoms with Gasteiger partial charge in [0.25, 0.3) is 5.91 Å². The molecule has 2 fully saturated rings. The van der Waals surface area contributed by atoms with Crippen molar-refractivity contribution in [3.8, 4) is 23.0 Å². The molecule has 0 aliphatic carbocycles. The smallest absolute Gasteiger partial charge is 0.274 e. The van der Waals surface area contributed by atoms with Gasteiger partial charge in [0.1, 0.15) is 17.6 Å². The minimum atomic E-state index is -0.721. The number of benzene rings is 2. The Kier molecular flexibility index (Phi) is 6.43. The van der Waals surface area contributed by atoms with E-state index in [1.807, 2.05) is 4.90 Å². The van der Waals surface area contributed by atoms with E-state index in [-0.39, 0.29) is 28.9 Å². The number of rotatable bonds is 4. The Bertz CT molecular complexity index is 1350. The summed E-state index contributed by atoms with van der Waals surface area (Å²) in [6.07, 6.45) is 1.78. The highest BCUT2D eigenvalue weighted by Gasteiger charge is 2.27. The molecule has 3 N–H and O–H groups in total. The number of nitriles is 1. The Morgan fingerprint density at radius 2 is 1.92 bits per heavy atom. The first-order chi connectivity index (χ1) is 17.3. The van der Waals surface area contributed by atoms with Crippen molar-refractivity contribution < 1.29 is 18.7 Å². The van der Waals surface area contributed by atoms with Gasteiger partial charge in [-0.1, -0.05) is 6.07 Å². The van der Waals surface area contributed by atoms with Crippen LogP contribution in [0, 0.1) is 23.0 Å². The highest BCUT2D eigenvalue weighted by atomic mass is 19.1. The lowest BCUT2D eigenvalue weighted by Gasteiger charge is -2.30. The zero-order valence-electron chi connectivity index (χ0n) is 19.6. The molecule has 2 aliphatic heterocycles. The van der Waals surface area contributed by atoms with Crippen molar-refractivity contribution in [1.82, 2.24) is 14.7 Å². The van der Waals surface area contributed by atoms with E-state index in [0.717, 1.165) is 12.8 Å². The van der Waals surface area contributed by atoms with Gasteiger partial charge in [0.2, 0.25) is 0 Å². The molecule has 1 aromatic heterocycles. The maximum absolute atomic E-state index is 15.4. The number of carbonyl (C=O) groups excluding carboxylic acids is 1. The van der Waals surface area contributed by atoms with Gasteiger partial charge in [-0.25, -0.2) is 13.5 Å². The lowest BCUT2D eigenvalue weighted by molar-refractivity contribution is 0.0702. The molecule has 5 rings (SSSR count). The Labute approximate surface area is 207 Å². The van der Waals surface area contributed by atoms with E-state index in [0.29, 0.717) is 49.5 Å². The van der Waals surface area contributed by atoms with Gasteiger partial charge in [-0.05, 0) is 55.7 Å². The predicted octanol–water partition coefficient (Wildman–Crippen LogP) is 2.82. The average Bonchev–Trinajstić information content (AvgIpc) is 3.50. The number of halogens is 2. The first-order valence-corrected chi connectivity index (χ1v) is 11.9. The van der Waals surface area contributed by atoms with Gasteiger partial charge in [0, 0.05) is 43.5 Å². The van der Waals surface area contributed by atoms with Crippen LogP contribution in [0.15, 0.2) is 42.5 Å². The van der Waals surface area contributed by atoms with Gasteiger partial charge in [-0.2, -0.15) is 10.4 Å². The number of hydrogen-bond donors (Lipinski definition) is 2. The third kappa shape index (κ3) is 4.55. The Hall–Kier alpha value is -3.81. The molecular formula is C26H26F2N6O2. The number of carbonyl (C=O) groups is 1. The minimum Gasteiger partial charge on any atom is -0.391 e. The number of aliphatic hydroxyl groups excluding tert-OH is 1. The van der Waals surface area contributed by atoms with Gasteiger partial charge in [-0.3, -0.25) is 4.79 Å². The predicted molar refractivity (Wildman–Crippen MR) is 130 cm³/mol. The highest BCUT2D eigenvalue weighted by molar-refractivity contribution is 5.93. The van der Waals surface area contributed by atoms with E-state index in [2.05, 4.69) is 5.10 Å². The van der Waals surface area contributed by atoms with Gasteiger partial charge < -0.3 is 20.6 Å². The third-order valence-electron chi connectivity index (χ3n) is 6.75. The number of nitrogens with two attached hydrogens (primary N) is 1. The van der Waals surface area contributed by atoms with Crippen LogP contribution < -0.4 is 10.6 Å². The molecule has 3 heterocycles. The van der Waals surface area contributed by atoms with E-state index in [1.165, 1.54) is 35.0 Å². The van der Waals surface area contributed by atoms with E-state index in [4.69, 9.17) is 11.0 Å². The fourth-order valence-corrected chi connectivity index (χ4v) is 4.84. The standard InChI is InChI=1S/C26H26F2N6O2/c27-21-10-16(3-4-17(21)13-29)25-12-23(26(36)33-8-1-2-18(30)14-33)31-34(25)24-6-5-19(11-22(24)28)32-9-7-20(35)15-32/h3-6,10-12,18,20,35H,1-2,7-9,14-15,30H2. The number of piperidine rings is 1. The molecule has 36 heavy (non-hydrogen) atoms. The second-order valence-corrected chi connectivity index (χ2v) is 9.31. The van der Waals surface area contributed by atoms with Gasteiger partial charge in [-0.15, -0.1) is 0 Å². The van der Waals surface area contributed by atoms with Crippen LogP contribution in [0.25, 0.3) is 16.9 Å². The van der Waals surface area contributed by atoms with Crippen molar-refractivity contribution in [3.63, 3.8) is 0 Å². The molecule has 0 saturated carbocycles. The van der Waals surface area contributed by atoms with Crippen LogP contribution in [-0.2, 0) is 0 Å². The average molecular weight is 493 g/mol. The molecule has 2 saturated heterocycles. The van der Waals surface area contributed by atoms with Crippen molar-refractivity contribution in [2.75, 3.05) is 31.1 Å². The van der Waals surface area contributed by atoms with E-state index in [9.17, 15) is 14.3 Å². The third-order valence-corrected chi connectivity index (χ3v) is 6.75. The summed E-state index contributed by atoms with van der Waals surface area (Å²) in [7, 11) is 0. The second-order valence-electron chi connectivity index (χ2n) is 9.31. The van der Waals surface area contributed by atoms with Crippen molar-refractivity contribution in [1.29, 1.82) is 5.26 Å². The molecule has 8 nitrogen and oxygen atoms in total. The first kappa shape index (κ1) is 23.9. The molecule has 0 spiro atoms. The van der Waals surface area contributed by atoms with Crippen LogP contribution in [0.4, 0.5) is 14.5 Å². The zero-order valence-corrected chi connectivity index (χ0v) is 19.6. The molecule has 0 bridgehead atoms. The Balaban J connectivity index is 1.57. The summed E-state index contributed by atoms with van der Waals surface area (Å²) >= 11 is 0. The maximum atomic E-state index is 15.4. The summed E-state index contributed by atoms with van der Waals surface area (Å²) in [6, 6.07) is 11.9. The quantitative estimate of drug-likeness (QED) is 0.580. The van der Waals surface area contributed by atoms with Crippen LogP contribution in [0.1, 0.15) is 35.3 Å². The number of aliphatic hydroxyl groups is 1. The maximum Gasteiger partial charge on any atom is 0.274 e. The monoisotopic (exact) mass is 492 g/mol. The second kappa shape index (κ2) is 9.68. The van der Waals surface area contributed by atoms with Crippen molar-refractivity contribution in [3.05, 3.63) is 65.4 Å². The van der Waals surface area contributed by atoms with Crippen LogP contribution >= 0.6 is 0 Å². The number of aromatic nitrogens is 2. The summed E-state index contributed by atoms with van der Waals surface area (Å²) in [4.78, 5) is 16.8. The normalized spacial score (nSPS) is 20.0. The number of amides is 1. The molecule has 0 radical (unpaired) electrons. The number of nitrogens with zero attached hydrogens (tertiary/aromatic N) is 5. The molecule has 2 unspecified atom stereocenters. The summed E-state index contributed by atoms with van der Waals surface area (Å²) in [6.45, 7) is 1.99. The fraction of sp³-hybridized carbons (Fsp3) is 0.346. The summed E-state index contributed by atoms with van der Waals surface area (Å²) < 4.78 is 31.2. The van der Waals surface area contributed by atoms with Gasteiger partial charge in [0.15, 0.2) is 11.5 Å². The number of hydrogen-bond acceptors (Lipinski definition) is 6. The molecule has 3 aromatic rings. The van der Waals surface area contributed by atoms with Gasteiger partial charge >= 0.3 is 0 Å². The molecule has 186 valence electrons. The fourth-order valence-electron chi connectivity index (χ4n) is 4.84. The highest BCUT2D eigenvalue weighted by Crippen LogP contribution is 2.30. The number of anilines is 1. The van der Waals surface area contributed by atoms with Crippen LogP contribution in [-0.4, -0.2) is 64.0 Å². The lowest BCUT2D eigenvalue weighted by atomic mass is 10.1. The Morgan fingerprint density at radius 3 is 2.58 bits per heavy atom. The lowest BCUT2D eigenvalue weighted by Crippen LogP contribution is -2.45. The van der Waals surface area contributed by atoms with Crippen molar-refractivity contribution >= 4 is 11.6 Å². The molecule has 10 heteroatoms. The minimum absolute atomic E-state index is 0.0904.